The number of fused-ring (bicyclic) bond motifs is 1. The second-order valence-corrected chi connectivity index (χ2v) is 6.55. The van der Waals surface area contributed by atoms with Crippen LogP contribution >= 0.6 is 0 Å². The summed E-state index contributed by atoms with van der Waals surface area (Å²) in [5.41, 5.74) is 0.384. The second kappa shape index (κ2) is 6.68. The van der Waals surface area contributed by atoms with Crippen molar-refractivity contribution in [1.82, 2.24) is 4.90 Å². The van der Waals surface area contributed by atoms with Crippen LogP contribution in [0.2, 0.25) is 0 Å². The van der Waals surface area contributed by atoms with Crippen molar-refractivity contribution in [1.29, 1.82) is 0 Å². The minimum absolute atomic E-state index is 0.126. The van der Waals surface area contributed by atoms with Gasteiger partial charge in [0.15, 0.2) is 11.5 Å². The predicted molar refractivity (Wildman–Crippen MR) is 92.0 cm³/mol. The van der Waals surface area contributed by atoms with Gasteiger partial charge in [-0.15, -0.1) is 0 Å². The number of nitrogens with zero attached hydrogens (tertiary/aromatic N) is 1. The molecular formula is C19H17F3N2O3. The molecule has 1 saturated heterocycles. The van der Waals surface area contributed by atoms with Crippen LogP contribution in [0.3, 0.4) is 0 Å². The summed E-state index contributed by atoms with van der Waals surface area (Å²) in [5.74, 6) is 1.54. The van der Waals surface area contributed by atoms with E-state index in [1.165, 1.54) is 12.1 Å². The number of alkyl halides is 3. The molecule has 1 fully saturated rings. The lowest BCUT2D eigenvalue weighted by Gasteiger charge is -2.18. The standard InChI is InChI=1S/C19H17F3N2O3/c20-19(21,22)14-2-1-3-15(9-14)23-18(25)24-7-6-13(10-24)12-4-5-16-17(8-12)27-11-26-16/h1-5,8-9,13H,6-7,10-11H2,(H,23,25). The maximum atomic E-state index is 12.8. The number of amides is 2. The van der Waals surface area contributed by atoms with E-state index >= 15 is 0 Å². The number of hydrogen-bond donors (Lipinski definition) is 1. The first-order chi connectivity index (χ1) is 12.9. The van der Waals surface area contributed by atoms with Crippen molar-refractivity contribution in [3.63, 3.8) is 0 Å². The Morgan fingerprint density at radius 1 is 1.11 bits per heavy atom. The average molecular weight is 378 g/mol. The molecule has 1 atom stereocenters. The van der Waals surface area contributed by atoms with E-state index in [4.69, 9.17) is 9.47 Å². The lowest BCUT2D eigenvalue weighted by molar-refractivity contribution is -0.137. The Morgan fingerprint density at radius 2 is 1.93 bits per heavy atom. The van der Waals surface area contributed by atoms with Gasteiger partial charge in [-0.3, -0.25) is 0 Å². The zero-order valence-electron chi connectivity index (χ0n) is 14.3. The lowest BCUT2D eigenvalue weighted by atomic mass is 9.98. The van der Waals surface area contributed by atoms with E-state index in [9.17, 15) is 18.0 Å². The number of carbonyl (C=O) groups is 1. The van der Waals surface area contributed by atoms with Gasteiger partial charge in [-0.05, 0) is 42.3 Å². The first-order valence-electron chi connectivity index (χ1n) is 8.53. The van der Waals surface area contributed by atoms with Crippen molar-refractivity contribution < 1.29 is 27.4 Å². The molecule has 0 spiro atoms. The summed E-state index contributed by atoms with van der Waals surface area (Å²) in [6.45, 7) is 1.23. The third-order valence-electron chi connectivity index (χ3n) is 4.78. The second-order valence-electron chi connectivity index (χ2n) is 6.55. The fraction of sp³-hybridized carbons (Fsp3) is 0.316. The van der Waals surface area contributed by atoms with E-state index in [-0.39, 0.29) is 18.4 Å². The largest absolute Gasteiger partial charge is 0.454 e. The number of hydrogen-bond acceptors (Lipinski definition) is 3. The molecule has 0 bridgehead atoms. The summed E-state index contributed by atoms with van der Waals surface area (Å²) in [4.78, 5) is 14.0. The number of urea groups is 1. The summed E-state index contributed by atoms with van der Waals surface area (Å²) in [7, 11) is 0. The number of halogens is 3. The number of ether oxygens (including phenoxy) is 2. The Hall–Kier alpha value is -2.90. The maximum Gasteiger partial charge on any atom is 0.416 e. The van der Waals surface area contributed by atoms with Gasteiger partial charge in [0.25, 0.3) is 0 Å². The van der Waals surface area contributed by atoms with Crippen LogP contribution in [-0.4, -0.2) is 30.8 Å². The molecule has 27 heavy (non-hydrogen) atoms. The molecule has 142 valence electrons. The molecule has 0 saturated carbocycles. The van der Waals surface area contributed by atoms with Crippen LogP contribution in [0.4, 0.5) is 23.7 Å². The van der Waals surface area contributed by atoms with Gasteiger partial charge in [-0.1, -0.05) is 12.1 Å². The Labute approximate surface area is 153 Å². The molecule has 0 aromatic heterocycles. The number of benzene rings is 2. The summed E-state index contributed by atoms with van der Waals surface area (Å²) < 4.78 is 49.1. The first-order valence-corrected chi connectivity index (χ1v) is 8.53. The van der Waals surface area contributed by atoms with Gasteiger partial charge in [0.05, 0.1) is 5.56 Å². The number of anilines is 1. The third-order valence-corrected chi connectivity index (χ3v) is 4.78. The summed E-state index contributed by atoms with van der Waals surface area (Å²) >= 11 is 0. The van der Waals surface area contributed by atoms with Crippen molar-refractivity contribution >= 4 is 11.7 Å². The van der Waals surface area contributed by atoms with Crippen LogP contribution in [0, 0.1) is 0 Å². The fourth-order valence-corrected chi connectivity index (χ4v) is 3.36. The number of likely N-dealkylation sites (tertiary alicyclic amines) is 1. The molecule has 1 N–H and O–H groups in total. The Balaban J connectivity index is 1.41. The first kappa shape index (κ1) is 17.5. The lowest BCUT2D eigenvalue weighted by Crippen LogP contribution is -2.32. The zero-order chi connectivity index (χ0) is 19.0. The smallest absolute Gasteiger partial charge is 0.416 e. The van der Waals surface area contributed by atoms with E-state index in [0.29, 0.717) is 24.6 Å². The summed E-state index contributed by atoms with van der Waals surface area (Å²) in [5, 5.41) is 2.55. The molecule has 2 aromatic rings. The van der Waals surface area contributed by atoms with Crippen molar-refractivity contribution in [3.8, 4) is 11.5 Å². The highest BCUT2D eigenvalue weighted by atomic mass is 19.4. The number of carbonyl (C=O) groups excluding carboxylic acids is 1. The van der Waals surface area contributed by atoms with Gasteiger partial charge >= 0.3 is 12.2 Å². The van der Waals surface area contributed by atoms with Crippen LogP contribution in [-0.2, 0) is 6.18 Å². The third kappa shape index (κ3) is 3.65. The van der Waals surface area contributed by atoms with E-state index in [0.717, 1.165) is 24.1 Å². The molecule has 2 heterocycles. The molecule has 2 aliphatic heterocycles. The van der Waals surface area contributed by atoms with E-state index in [1.54, 1.807) is 4.90 Å². The molecule has 2 amide bonds. The van der Waals surface area contributed by atoms with Gasteiger partial charge in [0, 0.05) is 24.7 Å². The van der Waals surface area contributed by atoms with Crippen molar-refractivity contribution in [2.45, 2.75) is 18.5 Å². The molecule has 8 heteroatoms. The van der Waals surface area contributed by atoms with Gasteiger partial charge in [-0.2, -0.15) is 13.2 Å². The summed E-state index contributed by atoms with van der Waals surface area (Å²) in [6.07, 6.45) is -3.67. The molecule has 0 radical (unpaired) electrons. The zero-order valence-corrected chi connectivity index (χ0v) is 14.3. The molecule has 0 aliphatic carbocycles. The van der Waals surface area contributed by atoms with Crippen LogP contribution in [0.15, 0.2) is 42.5 Å². The predicted octanol–water partition coefficient (Wildman–Crippen LogP) is 4.46. The normalized spacial score (nSPS) is 18.6. The quantitative estimate of drug-likeness (QED) is 0.840. The van der Waals surface area contributed by atoms with Crippen molar-refractivity contribution in [2.75, 3.05) is 25.2 Å². The average Bonchev–Trinajstić information content (AvgIpc) is 3.30. The Kier molecular flexibility index (Phi) is 4.33. The van der Waals surface area contributed by atoms with E-state index in [2.05, 4.69) is 5.32 Å². The molecule has 2 aliphatic rings. The monoisotopic (exact) mass is 378 g/mol. The van der Waals surface area contributed by atoms with Gasteiger partial charge < -0.3 is 19.7 Å². The molecule has 4 rings (SSSR count). The van der Waals surface area contributed by atoms with Gasteiger partial charge in [0.2, 0.25) is 6.79 Å². The minimum Gasteiger partial charge on any atom is -0.454 e. The highest BCUT2D eigenvalue weighted by Gasteiger charge is 2.31. The minimum atomic E-state index is -4.45. The van der Waals surface area contributed by atoms with E-state index in [1.807, 2.05) is 18.2 Å². The molecule has 5 nitrogen and oxygen atoms in total. The van der Waals surface area contributed by atoms with Crippen LogP contribution < -0.4 is 14.8 Å². The maximum absolute atomic E-state index is 12.8. The van der Waals surface area contributed by atoms with Crippen LogP contribution in [0.25, 0.3) is 0 Å². The summed E-state index contributed by atoms with van der Waals surface area (Å²) in [6, 6.07) is 9.94. The SMILES string of the molecule is O=C(Nc1cccc(C(F)(F)F)c1)N1CCC(c2ccc3c(c2)OCO3)C1. The van der Waals surface area contributed by atoms with Crippen LogP contribution in [0.1, 0.15) is 23.5 Å². The number of rotatable bonds is 2. The van der Waals surface area contributed by atoms with Crippen molar-refractivity contribution in [2.24, 2.45) is 0 Å². The highest BCUT2D eigenvalue weighted by Crippen LogP contribution is 2.37. The molecule has 2 aromatic carbocycles. The highest BCUT2D eigenvalue weighted by molar-refractivity contribution is 5.89. The fourth-order valence-electron chi connectivity index (χ4n) is 3.36. The van der Waals surface area contributed by atoms with Crippen molar-refractivity contribution in [3.05, 3.63) is 53.6 Å². The van der Waals surface area contributed by atoms with Gasteiger partial charge in [0.1, 0.15) is 0 Å². The Morgan fingerprint density at radius 3 is 2.74 bits per heavy atom. The number of nitrogens with one attached hydrogen (secondary N) is 1. The topological polar surface area (TPSA) is 50.8 Å². The molecule has 1 unspecified atom stereocenters. The molecular weight excluding hydrogens is 361 g/mol. The van der Waals surface area contributed by atoms with Crippen LogP contribution in [0.5, 0.6) is 11.5 Å². The van der Waals surface area contributed by atoms with E-state index < -0.39 is 17.8 Å². The Bertz CT molecular complexity index is 870. The van der Waals surface area contributed by atoms with Gasteiger partial charge in [-0.25, -0.2) is 4.79 Å².